The van der Waals surface area contributed by atoms with Crippen molar-refractivity contribution in [2.75, 3.05) is 5.32 Å². The van der Waals surface area contributed by atoms with Crippen LogP contribution >= 0.6 is 0 Å². The molecule has 2 aromatic carbocycles. The number of carbonyl (C=O) groups excluding carboxylic acids is 1. The lowest BCUT2D eigenvalue weighted by molar-refractivity contribution is 0.102. The molecule has 1 aliphatic heterocycles. The number of carbonyl (C=O) groups is 1. The zero-order valence-corrected chi connectivity index (χ0v) is 14.6. The number of anilines is 1. The summed E-state index contributed by atoms with van der Waals surface area (Å²) in [6.07, 6.45) is 6.13. The minimum absolute atomic E-state index is 0.0105. The van der Waals surface area contributed by atoms with E-state index in [2.05, 4.69) is 23.3 Å². The van der Waals surface area contributed by atoms with Crippen LogP contribution in [-0.2, 0) is 0 Å². The van der Waals surface area contributed by atoms with Crippen molar-refractivity contribution >= 4 is 33.3 Å². The molecule has 0 spiro atoms. The largest absolute Gasteiger partial charge is 0.374 e. The second-order valence-electron chi connectivity index (χ2n) is 7.26. The molecule has 4 nitrogen and oxygen atoms in total. The van der Waals surface area contributed by atoms with E-state index in [0.717, 1.165) is 22.3 Å². The number of aromatic amines is 1. The molecule has 128 valence electrons. The van der Waals surface area contributed by atoms with Crippen LogP contribution in [0.5, 0.6) is 0 Å². The Balaban J connectivity index is 1.79. The molecule has 0 saturated carbocycles. The Hall–Kier alpha value is -3.14. The standard InChI is InChI=1S/C22H18N2O2/c1-11-3-5-17-13(7-11)21(25)15-9-20-16(10-19(15)23-17)22(26)14-8-12(2)4-6-18(14)24-20/h3-11,17,23H,1-2H3,(H,24,26). The monoisotopic (exact) mass is 342 g/mol. The summed E-state index contributed by atoms with van der Waals surface area (Å²) < 4.78 is 0. The van der Waals surface area contributed by atoms with Crippen molar-refractivity contribution < 1.29 is 4.79 Å². The molecular weight excluding hydrogens is 324 g/mol. The van der Waals surface area contributed by atoms with Crippen LogP contribution in [0.4, 0.5) is 5.69 Å². The maximum atomic E-state index is 13.0. The third-order valence-electron chi connectivity index (χ3n) is 5.29. The maximum absolute atomic E-state index is 13.0. The van der Waals surface area contributed by atoms with Crippen LogP contribution in [-0.4, -0.2) is 16.8 Å². The molecule has 4 heteroatoms. The van der Waals surface area contributed by atoms with Gasteiger partial charge in [0.05, 0.1) is 11.6 Å². The zero-order chi connectivity index (χ0) is 18.0. The van der Waals surface area contributed by atoms with Crippen molar-refractivity contribution in [3.05, 3.63) is 75.5 Å². The number of hydrogen-bond donors (Lipinski definition) is 2. The second kappa shape index (κ2) is 5.18. The van der Waals surface area contributed by atoms with Gasteiger partial charge in [0.2, 0.25) is 0 Å². The third-order valence-corrected chi connectivity index (χ3v) is 5.29. The van der Waals surface area contributed by atoms with Crippen LogP contribution in [0.3, 0.4) is 0 Å². The minimum Gasteiger partial charge on any atom is -0.374 e. The average Bonchev–Trinajstić information content (AvgIpc) is 2.63. The Bertz CT molecular complexity index is 1230. The van der Waals surface area contributed by atoms with Gasteiger partial charge in [0, 0.05) is 33.1 Å². The molecule has 1 aromatic heterocycles. The summed E-state index contributed by atoms with van der Waals surface area (Å²) in [4.78, 5) is 29.3. The van der Waals surface area contributed by atoms with E-state index >= 15 is 0 Å². The van der Waals surface area contributed by atoms with E-state index in [1.54, 1.807) is 6.07 Å². The van der Waals surface area contributed by atoms with E-state index in [-0.39, 0.29) is 23.2 Å². The molecule has 2 atom stereocenters. The van der Waals surface area contributed by atoms with Crippen molar-refractivity contribution in [3.63, 3.8) is 0 Å². The minimum atomic E-state index is -0.120. The lowest BCUT2D eigenvalue weighted by atomic mass is 9.85. The first kappa shape index (κ1) is 15.1. The molecule has 0 amide bonds. The molecule has 2 aliphatic rings. The van der Waals surface area contributed by atoms with Gasteiger partial charge in [-0.1, -0.05) is 36.8 Å². The number of allylic oxidation sites excluding steroid dienone is 2. The molecule has 5 rings (SSSR count). The van der Waals surface area contributed by atoms with E-state index in [1.165, 1.54) is 0 Å². The Morgan fingerprint density at radius 3 is 2.62 bits per heavy atom. The average molecular weight is 342 g/mol. The molecule has 2 heterocycles. The SMILES string of the molecule is Cc1ccc2[nH]c3cc4c(cc3c(=O)c2c1)NC1C=CC(C)C=C1C4=O. The van der Waals surface area contributed by atoms with E-state index in [4.69, 9.17) is 0 Å². The number of Topliss-reactive ketones (excluding diaryl/α,β-unsaturated/α-hetero) is 1. The first-order valence-corrected chi connectivity index (χ1v) is 8.83. The summed E-state index contributed by atoms with van der Waals surface area (Å²) in [6, 6.07) is 9.28. The van der Waals surface area contributed by atoms with Gasteiger partial charge in [-0.3, -0.25) is 9.59 Å². The Kier molecular flexibility index (Phi) is 3.02. The van der Waals surface area contributed by atoms with Gasteiger partial charge in [0.1, 0.15) is 0 Å². The van der Waals surface area contributed by atoms with Gasteiger partial charge >= 0.3 is 0 Å². The van der Waals surface area contributed by atoms with E-state index < -0.39 is 0 Å². The molecule has 26 heavy (non-hydrogen) atoms. The maximum Gasteiger partial charge on any atom is 0.197 e. The fraction of sp³-hybridized carbons (Fsp3) is 0.182. The summed E-state index contributed by atoms with van der Waals surface area (Å²) in [5, 5.41) is 4.67. The van der Waals surface area contributed by atoms with E-state index in [1.807, 2.05) is 43.3 Å². The van der Waals surface area contributed by atoms with Crippen molar-refractivity contribution in [2.45, 2.75) is 19.9 Å². The molecule has 1 aliphatic carbocycles. The van der Waals surface area contributed by atoms with Gasteiger partial charge in [-0.25, -0.2) is 0 Å². The zero-order valence-electron chi connectivity index (χ0n) is 14.6. The highest BCUT2D eigenvalue weighted by atomic mass is 16.1. The number of hydrogen-bond acceptors (Lipinski definition) is 3. The first-order chi connectivity index (χ1) is 12.5. The summed E-state index contributed by atoms with van der Waals surface area (Å²) in [5.41, 5.74) is 4.64. The van der Waals surface area contributed by atoms with Crippen LogP contribution in [0.2, 0.25) is 0 Å². The summed E-state index contributed by atoms with van der Waals surface area (Å²) >= 11 is 0. The Labute approximate surface area is 150 Å². The van der Waals surface area contributed by atoms with Gasteiger partial charge in [0.25, 0.3) is 0 Å². The highest BCUT2D eigenvalue weighted by Gasteiger charge is 2.31. The van der Waals surface area contributed by atoms with Crippen molar-refractivity contribution in [2.24, 2.45) is 5.92 Å². The highest BCUT2D eigenvalue weighted by molar-refractivity contribution is 6.17. The van der Waals surface area contributed by atoms with Gasteiger partial charge in [-0.05, 0) is 37.1 Å². The number of nitrogens with one attached hydrogen (secondary N) is 2. The van der Waals surface area contributed by atoms with Crippen LogP contribution in [0.1, 0.15) is 22.8 Å². The molecule has 3 aromatic rings. The number of benzene rings is 2. The predicted octanol–water partition coefficient (Wildman–Crippen LogP) is 4.10. The fourth-order valence-electron chi connectivity index (χ4n) is 3.94. The van der Waals surface area contributed by atoms with Gasteiger partial charge < -0.3 is 10.3 Å². The van der Waals surface area contributed by atoms with Gasteiger partial charge in [-0.2, -0.15) is 0 Å². The number of pyridine rings is 1. The molecular formula is C22H18N2O2. The van der Waals surface area contributed by atoms with Crippen molar-refractivity contribution in [1.82, 2.24) is 4.98 Å². The number of aryl methyl sites for hydroxylation is 1. The number of rotatable bonds is 0. The summed E-state index contributed by atoms with van der Waals surface area (Å²) in [6.45, 7) is 4.04. The molecule has 2 N–H and O–H groups in total. The third kappa shape index (κ3) is 2.08. The van der Waals surface area contributed by atoms with Gasteiger partial charge in [-0.15, -0.1) is 0 Å². The lowest BCUT2D eigenvalue weighted by Gasteiger charge is -2.30. The van der Waals surface area contributed by atoms with Crippen LogP contribution in [0.15, 0.2) is 58.9 Å². The van der Waals surface area contributed by atoms with Crippen LogP contribution < -0.4 is 10.7 Å². The molecule has 0 saturated heterocycles. The quantitative estimate of drug-likeness (QED) is 0.478. The second-order valence-corrected chi connectivity index (χ2v) is 7.26. The Morgan fingerprint density at radius 2 is 1.77 bits per heavy atom. The van der Waals surface area contributed by atoms with Crippen LogP contribution in [0, 0.1) is 12.8 Å². The fourth-order valence-corrected chi connectivity index (χ4v) is 3.94. The first-order valence-electron chi connectivity index (χ1n) is 8.83. The van der Waals surface area contributed by atoms with Gasteiger partial charge in [0.15, 0.2) is 11.2 Å². The molecule has 0 radical (unpaired) electrons. The van der Waals surface area contributed by atoms with E-state index in [9.17, 15) is 9.59 Å². The topological polar surface area (TPSA) is 62.0 Å². The lowest BCUT2D eigenvalue weighted by Crippen LogP contribution is -2.33. The molecule has 0 bridgehead atoms. The summed E-state index contributed by atoms with van der Waals surface area (Å²) in [5.74, 6) is 0.285. The van der Waals surface area contributed by atoms with Crippen molar-refractivity contribution in [1.29, 1.82) is 0 Å². The van der Waals surface area contributed by atoms with Crippen LogP contribution in [0.25, 0.3) is 21.8 Å². The molecule has 2 unspecified atom stereocenters. The van der Waals surface area contributed by atoms with E-state index in [0.29, 0.717) is 21.9 Å². The van der Waals surface area contributed by atoms with Crippen molar-refractivity contribution in [3.8, 4) is 0 Å². The summed E-state index contributed by atoms with van der Waals surface area (Å²) in [7, 11) is 0. The number of fused-ring (bicyclic) bond motifs is 4. The highest BCUT2D eigenvalue weighted by Crippen LogP contribution is 2.34. The number of H-pyrrole nitrogens is 1. The Morgan fingerprint density at radius 1 is 0.962 bits per heavy atom. The number of ketones is 1. The molecule has 0 fully saturated rings. The normalized spacial score (nSPS) is 21.3. The smallest absolute Gasteiger partial charge is 0.197 e. The predicted molar refractivity (Wildman–Crippen MR) is 105 cm³/mol. The number of aromatic nitrogens is 1.